The Balaban J connectivity index is 2.45. The molecular weight excluding hydrogens is 348 g/mol. The molecule has 0 atom stereocenters. The van der Waals surface area contributed by atoms with Crippen molar-refractivity contribution < 1.29 is 13.2 Å². The highest BCUT2D eigenvalue weighted by Gasteiger charge is 2.24. The number of rotatable bonds is 5. The third-order valence-corrected chi connectivity index (χ3v) is 5.63. The van der Waals surface area contributed by atoms with Crippen molar-refractivity contribution in [1.82, 2.24) is 0 Å². The lowest BCUT2D eigenvalue weighted by Gasteiger charge is -2.23. The number of nitrogens with one attached hydrogen (secondary N) is 1. The van der Waals surface area contributed by atoms with Crippen molar-refractivity contribution in [3.63, 3.8) is 0 Å². The molecule has 0 saturated carbocycles. The molecular formula is C17H19ClN2O3S. The Morgan fingerprint density at radius 2 is 1.92 bits per heavy atom. The largest absolute Gasteiger partial charge is 0.325 e. The highest BCUT2D eigenvalue weighted by molar-refractivity contribution is 7.92. The van der Waals surface area contributed by atoms with Crippen LogP contribution in [0, 0.1) is 6.92 Å². The maximum absolute atomic E-state index is 12.9. The first kappa shape index (κ1) is 18.3. The Morgan fingerprint density at radius 3 is 2.46 bits per heavy atom. The van der Waals surface area contributed by atoms with Gasteiger partial charge in [-0.1, -0.05) is 23.7 Å². The van der Waals surface area contributed by atoms with E-state index >= 15 is 0 Å². The molecule has 0 saturated heterocycles. The van der Waals surface area contributed by atoms with Crippen molar-refractivity contribution in [3.8, 4) is 0 Å². The van der Waals surface area contributed by atoms with E-state index in [0.29, 0.717) is 11.4 Å². The molecule has 0 radical (unpaired) electrons. The van der Waals surface area contributed by atoms with Crippen LogP contribution >= 0.6 is 11.6 Å². The zero-order chi connectivity index (χ0) is 17.9. The number of amides is 1. The van der Waals surface area contributed by atoms with E-state index in [1.54, 1.807) is 13.0 Å². The van der Waals surface area contributed by atoms with E-state index < -0.39 is 10.0 Å². The lowest BCUT2D eigenvalue weighted by Crippen LogP contribution is -2.30. The fourth-order valence-electron chi connectivity index (χ4n) is 2.35. The summed E-state index contributed by atoms with van der Waals surface area (Å²) >= 11 is 6.10. The quantitative estimate of drug-likeness (QED) is 0.874. The maximum Gasteiger partial charge on any atom is 0.264 e. The molecule has 5 nitrogen and oxygen atoms in total. The fourth-order valence-corrected chi connectivity index (χ4v) is 4.13. The first-order chi connectivity index (χ1) is 11.3. The summed E-state index contributed by atoms with van der Waals surface area (Å²) in [5, 5.41) is 2.73. The summed E-state index contributed by atoms with van der Waals surface area (Å²) in [6, 6.07) is 11.6. The average Bonchev–Trinajstić information content (AvgIpc) is 2.49. The highest BCUT2D eigenvalue weighted by Crippen LogP contribution is 2.29. The smallest absolute Gasteiger partial charge is 0.264 e. The van der Waals surface area contributed by atoms with Gasteiger partial charge in [-0.25, -0.2) is 8.42 Å². The molecule has 0 bridgehead atoms. The number of nitrogens with zero attached hydrogens (tertiary/aromatic N) is 1. The molecule has 1 amide bonds. The van der Waals surface area contributed by atoms with Crippen molar-refractivity contribution in [1.29, 1.82) is 0 Å². The number of halogens is 1. The van der Waals surface area contributed by atoms with Gasteiger partial charge in [0.05, 0.1) is 21.3 Å². The summed E-state index contributed by atoms with van der Waals surface area (Å²) in [4.78, 5) is 11.2. The molecule has 0 aromatic heterocycles. The Kier molecular flexibility index (Phi) is 5.51. The van der Waals surface area contributed by atoms with Crippen LogP contribution in [0.4, 0.5) is 11.4 Å². The highest BCUT2D eigenvalue weighted by atomic mass is 35.5. The summed E-state index contributed by atoms with van der Waals surface area (Å²) in [6.07, 6.45) is 0. The van der Waals surface area contributed by atoms with Gasteiger partial charge in [0, 0.05) is 13.5 Å². The average molecular weight is 367 g/mol. The number of carbonyl (C=O) groups is 1. The Labute approximate surface area is 147 Å². The van der Waals surface area contributed by atoms with Gasteiger partial charge in [-0.3, -0.25) is 9.10 Å². The second-order valence-corrected chi connectivity index (χ2v) is 7.60. The second kappa shape index (κ2) is 7.23. The third-order valence-electron chi connectivity index (χ3n) is 3.42. The summed E-state index contributed by atoms with van der Waals surface area (Å²) in [5.41, 5.74) is 1.95. The molecule has 0 unspecified atom stereocenters. The standard InChI is InChI=1S/C17H19ClN2O3S/c1-4-20(14-7-5-6-12(2)10-14)24(22,23)15-8-9-17(16(18)11-15)19-13(3)21/h5-11H,4H2,1-3H3,(H,19,21). The van der Waals surface area contributed by atoms with Gasteiger partial charge in [0.25, 0.3) is 10.0 Å². The van der Waals surface area contributed by atoms with E-state index in [9.17, 15) is 13.2 Å². The zero-order valence-corrected chi connectivity index (χ0v) is 15.3. The van der Waals surface area contributed by atoms with Gasteiger partial charge in [0.2, 0.25) is 5.91 Å². The summed E-state index contributed by atoms with van der Waals surface area (Å²) < 4.78 is 27.2. The SMILES string of the molecule is CCN(c1cccc(C)c1)S(=O)(=O)c1ccc(NC(C)=O)c(Cl)c1. The molecule has 0 heterocycles. The van der Waals surface area contributed by atoms with E-state index in [4.69, 9.17) is 11.6 Å². The van der Waals surface area contributed by atoms with Gasteiger partial charge in [-0.05, 0) is 49.7 Å². The van der Waals surface area contributed by atoms with Crippen molar-refractivity contribution >= 4 is 38.9 Å². The van der Waals surface area contributed by atoms with Crippen molar-refractivity contribution in [2.24, 2.45) is 0 Å². The minimum Gasteiger partial charge on any atom is -0.325 e. The molecule has 0 aliphatic carbocycles. The molecule has 0 fully saturated rings. The predicted molar refractivity (Wildman–Crippen MR) is 97.1 cm³/mol. The van der Waals surface area contributed by atoms with E-state index in [0.717, 1.165) is 5.56 Å². The Morgan fingerprint density at radius 1 is 1.21 bits per heavy atom. The van der Waals surface area contributed by atoms with E-state index in [1.807, 2.05) is 25.1 Å². The number of hydrogen-bond donors (Lipinski definition) is 1. The molecule has 0 aliphatic rings. The number of benzene rings is 2. The van der Waals surface area contributed by atoms with Gasteiger partial charge < -0.3 is 5.32 Å². The van der Waals surface area contributed by atoms with Crippen LogP contribution in [0.5, 0.6) is 0 Å². The molecule has 7 heteroatoms. The summed E-state index contributed by atoms with van der Waals surface area (Å²) in [6.45, 7) is 5.32. The number of anilines is 2. The lowest BCUT2D eigenvalue weighted by atomic mass is 10.2. The van der Waals surface area contributed by atoms with Crippen molar-refractivity contribution in [2.45, 2.75) is 25.7 Å². The van der Waals surface area contributed by atoms with Crippen LogP contribution in [-0.4, -0.2) is 20.9 Å². The van der Waals surface area contributed by atoms with Crippen LogP contribution in [0.3, 0.4) is 0 Å². The number of hydrogen-bond acceptors (Lipinski definition) is 3. The molecule has 0 aliphatic heterocycles. The van der Waals surface area contributed by atoms with Crippen molar-refractivity contribution in [2.75, 3.05) is 16.2 Å². The van der Waals surface area contributed by atoms with Crippen LogP contribution in [0.25, 0.3) is 0 Å². The normalized spacial score (nSPS) is 11.2. The topological polar surface area (TPSA) is 66.5 Å². The first-order valence-electron chi connectivity index (χ1n) is 7.42. The minimum atomic E-state index is -3.75. The Bertz CT molecular complexity index is 866. The molecule has 2 aromatic carbocycles. The molecule has 128 valence electrons. The van der Waals surface area contributed by atoms with Gasteiger partial charge in [0.15, 0.2) is 0 Å². The minimum absolute atomic E-state index is 0.0740. The summed E-state index contributed by atoms with van der Waals surface area (Å²) in [7, 11) is -3.75. The molecule has 2 aromatic rings. The Hall–Kier alpha value is -2.05. The second-order valence-electron chi connectivity index (χ2n) is 5.33. The molecule has 2 rings (SSSR count). The van der Waals surface area contributed by atoms with Gasteiger partial charge in [-0.2, -0.15) is 0 Å². The molecule has 0 spiro atoms. The zero-order valence-electron chi connectivity index (χ0n) is 13.7. The van der Waals surface area contributed by atoms with Gasteiger partial charge >= 0.3 is 0 Å². The van der Waals surface area contributed by atoms with Crippen LogP contribution in [0.2, 0.25) is 5.02 Å². The van der Waals surface area contributed by atoms with Gasteiger partial charge in [0.1, 0.15) is 0 Å². The predicted octanol–water partition coefficient (Wildman–Crippen LogP) is 3.82. The van der Waals surface area contributed by atoms with E-state index in [-0.39, 0.29) is 22.4 Å². The number of aryl methyl sites for hydroxylation is 1. The lowest BCUT2D eigenvalue weighted by molar-refractivity contribution is -0.114. The first-order valence-corrected chi connectivity index (χ1v) is 9.24. The van der Waals surface area contributed by atoms with E-state index in [1.165, 1.54) is 29.4 Å². The van der Waals surface area contributed by atoms with Gasteiger partial charge in [-0.15, -0.1) is 0 Å². The molecule has 1 N–H and O–H groups in total. The van der Waals surface area contributed by atoms with Crippen molar-refractivity contribution in [3.05, 3.63) is 53.1 Å². The van der Waals surface area contributed by atoms with Crippen LogP contribution < -0.4 is 9.62 Å². The fraction of sp³-hybridized carbons (Fsp3) is 0.235. The summed E-state index contributed by atoms with van der Waals surface area (Å²) in [5.74, 6) is -0.276. The maximum atomic E-state index is 12.9. The van der Waals surface area contributed by atoms with E-state index in [2.05, 4.69) is 5.32 Å². The van der Waals surface area contributed by atoms with Crippen LogP contribution in [-0.2, 0) is 14.8 Å². The van der Waals surface area contributed by atoms with Crippen LogP contribution in [0.15, 0.2) is 47.4 Å². The third kappa shape index (κ3) is 3.88. The molecule has 24 heavy (non-hydrogen) atoms. The number of sulfonamides is 1. The number of carbonyl (C=O) groups excluding carboxylic acids is 1. The monoisotopic (exact) mass is 366 g/mol. The van der Waals surface area contributed by atoms with Crippen LogP contribution in [0.1, 0.15) is 19.4 Å².